The van der Waals surface area contributed by atoms with Crippen LogP contribution in [0.25, 0.3) is 0 Å². The number of amides is 1. The first-order valence-corrected chi connectivity index (χ1v) is 13.2. The van der Waals surface area contributed by atoms with E-state index < -0.39 is 17.5 Å². The first-order chi connectivity index (χ1) is 19.1. The largest absolute Gasteiger partial charge is 0.497 e. The van der Waals surface area contributed by atoms with Crippen LogP contribution in [0.4, 0.5) is 26.4 Å². The monoisotopic (exact) mass is 552 g/mol. The summed E-state index contributed by atoms with van der Waals surface area (Å²) in [5.74, 6) is 1.06. The number of nitrogens with zero attached hydrogens (tertiary/aromatic N) is 3. The van der Waals surface area contributed by atoms with Crippen molar-refractivity contribution in [2.45, 2.75) is 39.3 Å². The van der Waals surface area contributed by atoms with E-state index in [0.29, 0.717) is 50.9 Å². The van der Waals surface area contributed by atoms with E-state index in [-0.39, 0.29) is 5.69 Å². The van der Waals surface area contributed by atoms with Gasteiger partial charge in [-0.1, -0.05) is 45.0 Å². The molecule has 0 aliphatic carbocycles. The van der Waals surface area contributed by atoms with Gasteiger partial charge in [0.05, 0.1) is 33.1 Å². The number of morpholine rings is 1. The fraction of sp³-hybridized carbons (Fsp3) is 0.400. The number of aromatic nitrogens is 1. The van der Waals surface area contributed by atoms with Crippen LogP contribution in [0.3, 0.4) is 0 Å². The lowest BCUT2D eigenvalue weighted by Crippen LogP contribution is -2.39. The molecule has 2 heterocycles. The lowest BCUT2D eigenvalue weighted by atomic mass is 9.84. The summed E-state index contributed by atoms with van der Waals surface area (Å²) in [6.45, 7) is 8.85. The van der Waals surface area contributed by atoms with Gasteiger partial charge < -0.3 is 29.1 Å². The second kappa shape index (κ2) is 12.4. The number of rotatable bonds is 9. The molecular formula is C30H37FN4O5. The van der Waals surface area contributed by atoms with E-state index in [2.05, 4.69) is 10.3 Å². The summed E-state index contributed by atoms with van der Waals surface area (Å²) in [5, 5.41) is 11.9. The fourth-order valence-electron chi connectivity index (χ4n) is 4.88. The third-order valence-electron chi connectivity index (χ3n) is 6.78. The number of halogens is 1. The van der Waals surface area contributed by atoms with Crippen molar-refractivity contribution in [1.29, 1.82) is 0 Å². The number of carbonyl (C=O) groups is 1. The van der Waals surface area contributed by atoms with Crippen LogP contribution in [0.2, 0.25) is 0 Å². The molecule has 4 rings (SSSR count). The number of nitrogens with one attached hydrogen (secondary N) is 1. The molecule has 1 aliphatic rings. The van der Waals surface area contributed by atoms with Crippen LogP contribution in [-0.2, 0) is 23.2 Å². The smallest absolute Gasteiger partial charge is 0.409 e. The predicted molar refractivity (Wildman–Crippen MR) is 153 cm³/mol. The molecule has 3 aromatic rings. The molecule has 0 atom stereocenters. The van der Waals surface area contributed by atoms with Crippen LogP contribution in [0, 0.1) is 5.95 Å². The first-order valence-electron chi connectivity index (χ1n) is 13.2. The van der Waals surface area contributed by atoms with Gasteiger partial charge >= 0.3 is 6.09 Å². The molecule has 2 N–H and O–H groups in total. The summed E-state index contributed by atoms with van der Waals surface area (Å²) in [6.07, 6.45) is -1.35. The van der Waals surface area contributed by atoms with Crippen LogP contribution >= 0.6 is 0 Å². The Morgan fingerprint density at radius 2 is 1.50 bits per heavy atom. The van der Waals surface area contributed by atoms with Gasteiger partial charge in [0, 0.05) is 31.7 Å². The number of hydrogen-bond donors (Lipinski definition) is 2. The van der Waals surface area contributed by atoms with Crippen LogP contribution in [-0.4, -0.2) is 56.7 Å². The lowest BCUT2D eigenvalue weighted by molar-refractivity contribution is 0.122. The average molecular weight is 553 g/mol. The molecule has 1 fully saturated rings. The summed E-state index contributed by atoms with van der Waals surface area (Å²) >= 11 is 0. The zero-order valence-corrected chi connectivity index (χ0v) is 23.7. The number of carboxylic acid groups (broad SMARTS) is 1. The normalized spacial score (nSPS) is 13.6. The Bertz CT molecular complexity index is 1250. The zero-order valence-electron chi connectivity index (χ0n) is 23.7. The Morgan fingerprint density at radius 3 is 1.93 bits per heavy atom. The Kier molecular flexibility index (Phi) is 8.99. The molecule has 1 amide bonds. The molecule has 1 aliphatic heterocycles. The highest BCUT2D eigenvalue weighted by molar-refractivity contribution is 5.91. The molecule has 1 saturated heterocycles. The second-order valence-electron chi connectivity index (χ2n) is 10.7. The van der Waals surface area contributed by atoms with E-state index in [9.17, 15) is 9.90 Å². The molecule has 0 radical (unpaired) electrons. The van der Waals surface area contributed by atoms with E-state index in [1.54, 1.807) is 14.2 Å². The molecule has 10 heteroatoms. The van der Waals surface area contributed by atoms with Crippen molar-refractivity contribution in [3.63, 3.8) is 0 Å². The highest BCUT2D eigenvalue weighted by Gasteiger charge is 2.34. The van der Waals surface area contributed by atoms with Gasteiger partial charge in [0.25, 0.3) is 0 Å². The van der Waals surface area contributed by atoms with Gasteiger partial charge in [0.1, 0.15) is 23.0 Å². The molecule has 0 spiro atoms. The van der Waals surface area contributed by atoms with E-state index in [1.165, 1.54) is 0 Å². The van der Waals surface area contributed by atoms with Gasteiger partial charge in [0.2, 0.25) is 5.95 Å². The molecule has 0 unspecified atom stereocenters. The quantitative estimate of drug-likeness (QED) is 0.328. The zero-order chi connectivity index (χ0) is 28.9. The fourth-order valence-corrected chi connectivity index (χ4v) is 4.88. The molecule has 40 heavy (non-hydrogen) atoms. The average Bonchev–Trinajstić information content (AvgIpc) is 2.94. The summed E-state index contributed by atoms with van der Waals surface area (Å²) in [6, 6.07) is 15.4. The molecular weight excluding hydrogens is 515 g/mol. The third-order valence-corrected chi connectivity index (χ3v) is 6.78. The highest BCUT2D eigenvalue weighted by Crippen LogP contribution is 2.45. The van der Waals surface area contributed by atoms with Crippen molar-refractivity contribution in [1.82, 2.24) is 4.98 Å². The summed E-state index contributed by atoms with van der Waals surface area (Å²) in [5.41, 5.74) is 2.55. The molecule has 2 aromatic carbocycles. The van der Waals surface area contributed by atoms with E-state index in [4.69, 9.17) is 14.2 Å². The molecule has 9 nitrogen and oxygen atoms in total. The predicted octanol–water partition coefficient (Wildman–Crippen LogP) is 5.67. The van der Waals surface area contributed by atoms with Crippen molar-refractivity contribution in [2.24, 2.45) is 0 Å². The van der Waals surface area contributed by atoms with Gasteiger partial charge in [-0.2, -0.15) is 4.39 Å². The highest BCUT2D eigenvalue weighted by atomic mass is 19.1. The van der Waals surface area contributed by atoms with Gasteiger partial charge in [-0.15, -0.1) is 0 Å². The topological polar surface area (TPSA) is 96.4 Å². The number of benzene rings is 2. The van der Waals surface area contributed by atoms with Crippen molar-refractivity contribution in [3.05, 3.63) is 71.2 Å². The number of ether oxygens (including phenoxy) is 3. The number of pyridine rings is 1. The SMILES string of the molecule is COc1ccc(CN(Cc2ccc(OC)cc2)c2nc(F)c(NC(=O)O)c(N3CCOCC3)c2C(C)(C)C)cc1. The van der Waals surface area contributed by atoms with E-state index in [0.717, 1.165) is 28.2 Å². The Morgan fingerprint density at radius 1 is 1.00 bits per heavy atom. The minimum Gasteiger partial charge on any atom is -0.497 e. The summed E-state index contributed by atoms with van der Waals surface area (Å²) in [4.78, 5) is 20.2. The van der Waals surface area contributed by atoms with Crippen LogP contribution < -0.4 is 24.6 Å². The van der Waals surface area contributed by atoms with Crippen LogP contribution in [0.15, 0.2) is 48.5 Å². The van der Waals surface area contributed by atoms with Crippen molar-refractivity contribution < 1.29 is 28.5 Å². The van der Waals surface area contributed by atoms with Crippen LogP contribution in [0.1, 0.15) is 37.5 Å². The third kappa shape index (κ3) is 6.74. The molecule has 1 aromatic heterocycles. The minimum absolute atomic E-state index is 0.142. The van der Waals surface area contributed by atoms with E-state index in [1.807, 2.05) is 79.1 Å². The maximum absolute atomic E-state index is 15.9. The molecule has 0 bridgehead atoms. The number of anilines is 3. The maximum Gasteiger partial charge on any atom is 0.409 e. The lowest BCUT2D eigenvalue weighted by Gasteiger charge is -2.38. The van der Waals surface area contributed by atoms with Gasteiger partial charge in [0.15, 0.2) is 0 Å². The van der Waals surface area contributed by atoms with Crippen LogP contribution in [0.5, 0.6) is 11.5 Å². The Labute approximate surface area is 234 Å². The van der Waals surface area contributed by atoms with Crippen molar-refractivity contribution in [3.8, 4) is 11.5 Å². The standard InChI is InChI=1S/C30H37FN4O5/c1-30(2,3)24-26(34-14-16-40-17-15-34)25(32-29(36)37)27(31)33-28(24)35(18-20-6-10-22(38-4)11-7-20)19-21-8-12-23(39-5)13-9-21/h6-13,32H,14-19H2,1-5H3,(H,36,37). The van der Waals surface area contributed by atoms with Gasteiger partial charge in [-0.3, -0.25) is 5.32 Å². The summed E-state index contributed by atoms with van der Waals surface area (Å²) in [7, 11) is 3.24. The maximum atomic E-state index is 15.9. The molecule has 214 valence electrons. The van der Waals surface area contributed by atoms with Gasteiger partial charge in [-0.25, -0.2) is 9.78 Å². The Balaban J connectivity index is 1.91. The second-order valence-corrected chi connectivity index (χ2v) is 10.7. The minimum atomic E-state index is -1.35. The van der Waals surface area contributed by atoms with E-state index >= 15 is 4.39 Å². The first kappa shape index (κ1) is 28.9. The Hall–Kier alpha value is -4.05. The van der Waals surface area contributed by atoms with Crippen molar-refractivity contribution >= 4 is 23.3 Å². The van der Waals surface area contributed by atoms with Gasteiger partial charge in [-0.05, 0) is 40.8 Å². The summed E-state index contributed by atoms with van der Waals surface area (Å²) < 4.78 is 32.1. The number of methoxy groups -OCH3 is 2. The molecule has 0 saturated carbocycles. The number of hydrogen-bond acceptors (Lipinski definition) is 7. The van der Waals surface area contributed by atoms with Crippen molar-refractivity contribution in [2.75, 3.05) is 55.6 Å².